The number of amides is 2. The summed E-state index contributed by atoms with van der Waals surface area (Å²) in [6.45, 7) is -0.331. The first-order valence-corrected chi connectivity index (χ1v) is 8.74. The van der Waals surface area contributed by atoms with Gasteiger partial charge >= 0.3 is 0 Å². The summed E-state index contributed by atoms with van der Waals surface area (Å²) in [6.07, 6.45) is 0. The fourth-order valence-corrected chi connectivity index (χ4v) is 2.67. The van der Waals surface area contributed by atoms with E-state index in [1.807, 2.05) is 42.5 Å². The third-order valence-electron chi connectivity index (χ3n) is 3.82. The SMILES string of the molecule is O=C(COc1ccccc1-c1ccccc1)NNC(=O)c1cc(Cl)ccc1F. The minimum absolute atomic E-state index is 0.207. The molecule has 2 amide bonds. The summed E-state index contributed by atoms with van der Waals surface area (Å²) < 4.78 is 19.2. The Morgan fingerprint density at radius 1 is 0.929 bits per heavy atom. The molecule has 0 aliphatic carbocycles. The van der Waals surface area contributed by atoms with Crippen LogP contribution in [-0.2, 0) is 4.79 Å². The largest absolute Gasteiger partial charge is 0.483 e. The summed E-state index contributed by atoms with van der Waals surface area (Å²) in [5.74, 6) is -1.64. The molecule has 0 atom stereocenters. The van der Waals surface area contributed by atoms with E-state index in [1.165, 1.54) is 12.1 Å². The molecular formula is C21H16ClFN2O3. The number of carbonyl (C=O) groups is 2. The molecule has 0 aliphatic heterocycles. The third kappa shape index (κ3) is 4.86. The lowest BCUT2D eigenvalue weighted by Crippen LogP contribution is -2.44. The molecule has 0 aliphatic rings. The first kappa shape index (κ1) is 19.4. The van der Waals surface area contributed by atoms with Gasteiger partial charge in [-0.15, -0.1) is 0 Å². The monoisotopic (exact) mass is 398 g/mol. The molecule has 0 spiro atoms. The van der Waals surface area contributed by atoms with Gasteiger partial charge in [-0.2, -0.15) is 0 Å². The average molecular weight is 399 g/mol. The van der Waals surface area contributed by atoms with E-state index in [9.17, 15) is 14.0 Å². The van der Waals surface area contributed by atoms with Crippen LogP contribution in [0.1, 0.15) is 10.4 Å². The number of carbonyl (C=O) groups excluding carboxylic acids is 2. The van der Waals surface area contributed by atoms with E-state index in [4.69, 9.17) is 16.3 Å². The highest BCUT2D eigenvalue weighted by molar-refractivity contribution is 6.31. The third-order valence-corrected chi connectivity index (χ3v) is 4.05. The van der Waals surface area contributed by atoms with Gasteiger partial charge in [-0.05, 0) is 29.8 Å². The van der Waals surface area contributed by atoms with Gasteiger partial charge in [0.1, 0.15) is 11.6 Å². The molecule has 0 radical (unpaired) electrons. The number of rotatable bonds is 5. The van der Waals surface area contributed by atoms with E-state index in [2.05, 4.69) is 10.9 Å². The van der Waals surface area contributed by atoms with E-state index in [0.29, 0.717) is 5.75 Å². The molecule has 3 aromatic carbocycles. The number of hydrazine groups is 1. The number of hydrogen-bond donors (Lipinski definition) is 2. The van der Waals surface area contributed by atoms with Gasteiger partial charge in [0.05, 0.1) is 5.56 Å². The molecule has 0 aromatic heterocycles. The first-order chi connectivity index (χ1) is 13.5. The summed E-state index contributed by atoms with van der Waals surface area (Å²) in [4.78, 5) is 24.0. The fourth-order valence-electron chi connectivity index (χ4n) is 2.49. The summed E-state index contributed by atoms with van der Waals surface area (Å²) in [7, 11) is 0. The smallest absolute Gasteiger partial charge is 0.276 e. The lowest BCUT2D eigenvalue weighted by atomic mass is 10.1. The highest BCUT2D eigenvalue weighted by Crippen LogP contribution is 2.29. The van der Waals surface area contributed by atoms with Gasteiger partial charge in [-0.1, -0.05) is 60.1 Å². The van der Waals surface area contributed by atoms with Gasteiger partial charge in [-0.25, -0.2) is 4.39 Å². The Morgan fingerprint density at radius 2 is 1.64 bits per heavy atom. The van der Waals surface area contributed by atoms with Crippen LogP contribution in [0.5, 0.6) is 5.75 Å². The van der Waals surface area contributed by atoms with Crippen molar-refractivity contribution in [1.82, 2.24) is 10.9 Å². The van der Waals surface area contributed by atoms with Crippen LogP contribution < -0.4 is 15.6 Å². The molecule has 3 rings (SSSR count). The highest BCUT2D eigenvalue weighted by atomic mass is 35.5. The molecule has 0 unspecified atom stereocenters. The molecule has 5 nitrogen and oxygen atoms in total. The first-order valence-electron chi connectivity index (χ1n) is 8.36. The van der Waals surface area contributed by atoms with E-state index in [0.717, 1.165) is 17.2 Å². The van der Waals surface area contributed by atoms with Crippen molar-refractivity contribution in [1.29, 1.82) is 0 Å². The van der Waals surface area contributed by atoms with Gasteiger partial charge in [0.15, 0.2) is 6.61 Å². The van der Waals surface area contributed by atoms with Gasteiger partial charge in [0.2, 0.25) is 0 Å². The van der Waals surface area contributed by atoms with Gasteiger partial charge in [0, 0.05) is 10.6 Å². The minimum Gasteiger partial charge on any atom is -0.483 e. The number of nitrogens with one attached hydrogen (secondary N) is 2. The zero-order chi connectivity index (χ0) is 19.9. The predicted molar refractivity (Wildman–Crippen MR) is 104 cm³/mol. The van der Waals surface area contributed by atoms with Crippen LogP contribution in [0, 0.1) is 5.82 Å². The van der Waals surface area contributed by atoms with Crippen LogP contribution in [-0.4, -0.2) is 18.4 Å². The van der Waals surface area contributed by atoms with Crippen LogP contribution in [0.3, 0.4) is 0 Å². The van der Waals surface area contributed by atoms with Crippen molar-refractivity contribution < 1.29 is 18.7 Å². The van der Waals surface area contributed by atoms with Crippen LogP contribution in [0.2, 0.25) is 5.02 Å². The molecule has 2 N–H and O–H groups in total. The summed E-state index contributed by atoms with van der Waals surface area (Å²) in [6, 6.07) is 20.4. The number of benzene rings is 3. The standard InChI is InChI=1S/C21H16ClFN2O3/c22-15-10-11-18(23)17(12-15)21(27)25-24-20(26)13-28-19-9-5-4-8-16(19)14-6-2-1-3-7-14/h1-12H,13H2,(H,24,26)(H,25,27). The zero-order valence-corrected chi connectivity index (χ0v) is 15.4. The predicted octanol–water partition coefficient (Wildman–Crippen LogP) is 3.99. The summed E-state index contributed by atoms with van der Waals surface area (Å²) >= 11 is 5.75. The Kier molecular flexibility index (Phi) is 6.24. The van der Waals surface area contributed by atoms with Gasteiger partial charge < -0.3 is 4.74 Å². The van der Waals surface area contributed by atoms with E-state index in [-0.39, 0.29) is 17.2 Å². The Balaban J connectivity index is 1.58. The number of ether oxygens (including phenoxy) is 1. The van der Waals surface area contributed by atoms with E-state index in [1.54, 1.807) is 12.1 Å². The molecule has 0 heterocycles. The van der Waals surface area contributed by atoms with Crippen LogP contribution >= 0.6 is 11.6 Å². The lowest BCUT2D eigenvalue weighted by Gasteiger charge is -2.12. The Labute approximate surface area is 166 Å². The molecule has 0 saturated carbocycles. The van der Waals surface area contributed by atoms with Crippen molar-refractivity contribution in [3.8, 4) is 16.9 Å². The van der Waals surface area contributed by atoms with Crippen molar-refractivity contribution in [3.63, 3.8) is 0 Å². The zero-order valence-electron chi connectivity index (χ0n) is 14.6. The van der Waals surface area contributed by atoms with Gasteiger partial charge in [-0.3, -0.25) is 20.4 Å². The second kappa shape index (κ2) is 9.01. The maximum atomic E-state index is 13.7. The Hall–Kier alpha value is -3.38. The van der Waals surface area contributed by atoms with E-state index >= 15 is 0 Å². The van der Waals surface area contributed by atoms with Crippen LogP contribution in [0.4, 0.5) is 4.39 Å². The molecule has 28 heavy (non-hydrogen) atoms. The van der Waals surface area contributed by atoms with Crippen LogP contribution in [0.15, 0.2) is 72.8 Å². The second-order valence-corrected chi connectivity index (χ2v) is 6.21. The molecule has 0 bridgehead atoms. The number of para-hydroxylation sites is 1. The normalized spacial score (nSPS) is 10.2. The molecule has 3 aromatic rings. The number of hydrogen-bond acceptors (Lipinski definition) is 3. The lowest BCUT2D eigenvalue weighted by molar-refractivity contribution is -0.123. The molecule has 0 saturated heterocycles. The fraction of sp³-hybridized carbons (Fsp3) is 0.0476. The second-order valence-electron chi connectivity index (χ2n) is 5.78. The Bertz CT molecular complexity index is 996. The number of halogens is 2. The average Bonchev–Trinajstić information content (AvgIpc) is 2.73. The maximum Gasteiger partial charge on any atom is 0.276 e. The summed E-state index contributed by atoms with van der Waals surface area (Å²) in [5.41, 5.74) is 5.82. The highest BCUT2D eigenvalue weighted by Gasteiger charge is 2.14. The topological polar surface area (TPSA) is 67.4 Å². The molecule has 0 fully saturated rings. The van der Waals surface area contributed by atoms with Crippen molar-refractivity contribution >= 4 is 23.4 Å². The minimum atomic E-state index is -0.821. The molecule has 7 heteroatoms. The van der Waals surface area contributed by atoms with E-state index < -0.39 is 17.6 Å². The van der Waals surface area contributed by atoms with Crippen LogP contribution in [0.25, 0.3) is 11.1 Å². The van der Waals surface area contributed by atoms with Gasteiger partial charge in [0.25, 0.3) is 11.8 Å². The van der Waals surface area contributed by atoms with Crippen molar-refractivity contribution in [2.45, 2.75) is 0 Å². The maximum absolute atomic E-state index is 13.7. The van der Waals surface area contributed by atoms with Crippen molar-refractivity contribution in [2.75, 3.05) is 6.61 Å². The Morgan fingerprint density at radius 3 is 2.43 bits per heavy atom. The van der Waals surface area contributed by atoms with Crippen molar-refractivity contribution in [2.24, 2.45) is 0 Å². The summed E-state index contributed by atoms with van der Waals surface area (Å²) in [5, 5.41) is 0.207. The van der Waals surface area contributed by atoms with Crippen molar-refractivity contribution in [3.05, 3.63) is 89.2 Å². The quantitative estimate of drug-likeness (QED) is 0.639. The molecule has 142 valence electrons. The molecular weight excluding hydrogens is 383 g/mol.